The summed E-state index contributed by atoms with van der Waals surface area (Å²) in [7, 11) is 0. The molecule has 0 radical (unpaired) electrons. The van der Waals surface area contributed by atoms with Gasteiger partial charge >= 0.3 is 0 Å². The van der Waals surface area contributed by atoms with E-state index in [1.165, 1.54) is 37.8 Å². The fourth-order valence-corrected chi connectivity index (χ4v) is 3.50. The molecule has 0 aliphatic heterocycles. The van der Waals surface area contributed by atoms with Gasteiger partial charge in [-0.25, -0.2) is 0 Å². The van der Waals surface area contributed by atoms with Crippen LogP contribution in [-0.2, 0) is 0 Å². The van der Waals surface area contributed by atoms with E-state index in [-0.39, 0.29) is 0 Å². The fraction of sp³-hybridized carbons (Fsp3) is 0.727. The van der Waals surface area contributed by atoms with E-state index in [9.17, 15) is 0 Å². The van der Waals surface area contributed by atoms with Crippen molar-refractivity contribution in [3.63, 3.8) is 0 Å². The molecule has 2 nitrogen and oxygen atoms in total. The molecule has 1 unspecified atom stereocenters. The van der Waals surface area contributed by atoms with Crippen LogP contribution in [0.3, 0.4) is 0 Å². The first-order valence-electron chi connectivity index (χ1n) is 5.53. The molecule has 0 spiro atoms. The van der Waals surface area contributed by atoms with Gasteiger partial charge < -0.3 is 0 Å². The average Bonchev–Trinajstić information content (AvgIpc) is 2.66. The summed E-state index contributed by atoms with van der Waals surface area (Å²) in [5, 5.41) is 7.94. The zero-order valence-electron chi connectivity index (χ0n) is 8.17. The van der Waals surface area contributed by atoms with Crippen molar-refractivity contribution in [2.24, 2.45) is 11.8 Å². The van der Waals surface area contributed by atoms with Gasteiger partial charge in [0.05, 0.1) is 16.9 Å². The molecular formula is C11H15ClN2. The maximum Gasteiger partial charge on any atom is 0.0818 e. The van der Waals surface area contributed by atoms with Crippen LogP contribution in [0.5, 0.6) is 0 Å². The second-order valence-corrected chi connectivity index (χ2v) is 5.16. The molecule has 2 bridgehead atoms. The number of nitrogens with one attached hydrogen (secondary N) is 1. The summed E-state index contributed by atoms with van der Waals surface area (Å²) in [4.78, 5) is 0. The van der Waals surface area contributed by atoms with Crippen molar-refractivity contribution in [3.05, 3.63) is 16.9 Å². The molecule has 1 N–H and O–H groups in total. The second-order valence-electron chi connectivity index (χ2n) is 4.75. The molecule has 4 rings (SSSR count). The third-order valence-electron chi connectivity index (χ3n) is 4.04. The summed E-state index contributed by atoms with van der Waals surface area (Å²) in [5.74, 6) is 2.47. The Bertz CT molecular complexity index is 326. The molecule has 3 heteroatoms. The molecule has 76 valence electrons. The summed E-state index contributed by atoms with van der Waals surface area (Å²) in [6, 6.07) is 0. The van der Waals surface area contributed by atoms with Crippen LogP contribution in [-0.4, -0.2) is 10.2 Å². The normalized spacial score (nSPS) is 36.2. The van der Waals surface area contributed by atoms with Gasteiger partial charge in [-0.2, -0.15) is 5.10 Å². The maximum atomic E-state index is 6.12. The smallest absolute Gasteiger partial charge is 0.0818 e. The first-order valence-corrected chi connectivity index (χ1v) is 5.91. The van der Waals surface area contributed by atoms with Crippen LogP contribution in [0.1, 0.15) is 43.7 Å². The number of rotatable bonds is 1. The summed E-state index contributed by atoms with van der Waals surface area (Å²) in [5.41, 5.74) is 1.20. The standard InChI is InChI=1S/C11H15ClN2/c12-10-6-13-14-11(10)9-5-7-1-3-8(9)4-2-7/h6-9H,1-5H2,(H,13,14). The van der Waals surface area contributed by atoms with Crippen LogP contribution in [0.15, 0.2) is 6.20 Å². The molecule has 14 heavy (non-hydrogen) atoms. The van der Waals surface area contributed by atoms with Gasteiger partial charge in [-0.15, -0.1) is 0 Å². The molecular weight excluding hydrogens is 196 g/mol. The minimum Gasteiger partial charge on any atom is -0.281 e. The lowest BCUT2D eigenvalue weighted by atomic mass is 9.64. The van der Waals surface area contributed by atoms with E-state index in [2.05, 4.69) is 10.2 Å². The number of aromatic nitrogens is 2. The van der Waals surface area contributed by atoms with Crippen LogP contribution >= 0.6 is 11.6 Å². The topological polar surface area (TPSA) is 28.7 Å². The average molecular weight is 211 g/mol. The molecule has 0 aromatic carbocycles. The summed E-state index contributed by atoms with van der Waals surface area (Å²) in [6.07, 6.45) is 8.72. The monoisotopic (exact) mass is 210 g/mol. The van der Waals surface area contributed by atoms with Gasteiger partial charge in [0.15, 0.2) is 0 Å². The lowest BCUT2D eigenvalue weighted by molar-refractivity contribution is 0.142. The van der Waals surface area contributed by atoms with Crippen LogP contribution in [0, 0.1) is 11.8 Å². The largest absolute Gasteiger partial charge is 0.281 e. The number of H-pyrrole nitrogens is 1. The highest BCUT2D eigenvalue weighted by Crippen LogP contribution is 2.50. The summed E-state index contributed by atoms with van der Waals surface area (Å²) < 4.78 is 0. The predicted molar refractivity (Wildman–Crippen MR) is 56.4 cm³/mol. The quantitative estimate of drug-likeness (QED) is 0.757. The Balaban J connectivity index is 1.89. The molecule has 3 aliphatic carbocycles. The predicted octanol–water partition coefficient (Wildman–Crippen LogP) is 3.36. The lowest BCUT2D eigenvalue weighted by Crippen LogP contribution is -2.30. The highest BCUT2D eigenvalue weighted by atomic mass is 35.5. The maximum absolute atomic E-state index is 6.12. The Kier molecular flexibility index (Phi) is 2.05. The van der Waals surface area contributed by atoms with Crippen LogP contribution in [0.2, 0.25) is 5.02 Å². The zero-order valence-corrected chi connectivity index (χ0v) is 8.93. The molecule has 0 saturated heterocycles. The van der Waals surface area contributed by atoms with E-state index in [0.29, 0.717) is 5.92 Å². The number of halogens is 1. The van der Waals surface area contributed by atoms with Gasteiger partial charge in [0.2, 0.25) is 0 Å². The van der Waals surface area contributed by atoms with E-state index < -0.39 is 0 Å². The van der Waals surface area contributed by atoms with Crippen molar-refractivity contribution in [1.29, 1.82) is 0 Å². The Morgan fingerprint density at radius 2 is 2.07 bits per heavy atom. The minimum absolute atomic E-state index is 0.664. The molecule has 1 aromatic rings. The molecule has 0 amide bonds. The van der Waals surface area contributed by atoms with Gasteiger partial charge in [0, 0.05) is 5.92 Å². The van der Waals surface area contributed by atoms with E-state index in [1.807, 2.05) is 0 Å². The Morgan fingerprint density at radius 1 is 1.29 bits per heavy atom. The van der Waals surface area contributed by atoms with Crippen molar-refractivity contribution in [3.8, 4) is 0 Å². The van der Waals surface area contributed by atoms with Gasteiger partial charge in [0.1, 0.15) is 0 Å². The summed E-state index contributed by atoms with van der Waals surface area (Å²) >= 11 is 6.12. The highest BCUT2D eigenvalue weighted by Gasteiger charge is 2.37. The molecule has 3 fully saturated rings. The minimum atomic E-state index is 0.664. The van der Waals surface area contributed by atoms with E-state index in [0.717, 1.165) is 16.9 Å². The van der Waals surface area contributed by atoms with Crippen LogP contribution < -0.4 is 0 Å². The van der Waals surface area contributed by atoms with Crippen LogP contribution in [0.25, 0.3) is 0 Å². The number of hydrogen-bond acceptors (Lipinski definition) is 1. The third kappa shape index (κ3) is 1.28. The van der Waals surface area contributed by atoms with Crippen molar-refractivity contribution in [2.45, 2.75) is 38.0 Å². The SMILES string of the molecule is Clc1cn[nH]c1C1CC2CCC1CC2. The zero-order chi connectivity index (χ0) is 9.54. The summed E-state index contributed by atoms with van der Waals surface area (Å²) in [6.45, 7) is 0. The number of aromatic amines is 1. The van der Waals surface area contributed by atoms with Gasteiger partial charge in [-0.3, -0.25) is 5.10 Å². The van der Waals surface area contributed by atoms with Crippen molar-refractivity contribution in [1.82, 2.24) is 10.2 Å². The second kappa shape index (κ2) is 3.27. The Labute approximate surface area is 89.0 Å². The van der Waals surface area contributed by atoms with E-state index in [1.54, 1.807) is 6.20 Å². The molecule has 3 aliphatic rings. The molecule has 1 atom stereocenters. The van der Waals surface area contributed by atoms with Crippen molar-refractivity contribution >= 4 is 11.6 Å². The number of fused-ring (bicyclic) bond motifs is 3. The third-order valence-corrected chi connectivity index (χ3v) is 4.34. The van der Waals surface area contributed by atoms with Gasteiger partial charge in [0.25, 0.3) is 0 Å². The number of nitrogens with zero attached hydrogens (tertiary/aromatic N) is 1. The molecule has 1 aromatic heterocycles. The first kappa shape index (κ1) is 8.78. The van der Waals surface area contributed by atoms with Crippen molar-refractivity contribution < 1.29 is 0 Å². The van der Waals surface area contributed by atoms with Gasteiger partial charge in [-0.1, -0.05) is 24.4 Å². The molecule has 3 saturated carbocycles. The Morgan fingerprint density at radius 3 is 2.57 bits per heavy atom. The van der Waals surface area contributed by atoms with Gasteiger partial charge in [-0.05, 0) is 31.1 Å². The van der Waals surface area contributed by atoms with E-state index in [4.69, 9.17) is 11.6 Å². The first-order chi connectivity index (χ1) is 6.84. The molecule has 1 heterocycles. The van der Waals surface area contributed by atoms with Crippen LogP contribution in [0.4, 0.5) is 0 Å². The lowest BCUT2D eigenvalue weighted by Gasteiger charge is -2.42. The van der Waals surface area contributed by atoms with E-state index >= 15 is 0 Å². The highest BCUT2D eigenvalue weighted by molar-refractivity contribution is 6.31. The van der Waals surface area contributed by atoms with Crippen molar-refractivity contribution in [2.75, 3.05) is 0 Å². The fourth-order valence-electron chi connectivity index (χ4n) is 3.27. The Hall–Kier alpha value is -0.500. The number of hydrogen-bond donors (Lipinski definition) is 1.